The summed E-state index contributed by atoms with van der Waals surface area (Å²) in [6, 6.07) is 8.24. The van der Waals surface area contributed by atoms with Crippen LogP contribution in [0.3, 0.4) is 0 Å². The van der Waals surface area contributed by atoms with E-state index >= 15 is 0 Å². The van der Waals surface area contributed by atoms with Crippen molar-refractivity contribution in [2.75, 3.05) is 6.61 Å². The van der Waals surface area contributed by atoms with E-state index in [1.165, 1.54) is 19.1 Å². The number of carbonyl (C=O) groups is 1. The van der Waals surface area contributed by atoms with Crippen LogP contribution in [0.4, 0.5) is 0 Å². The van der Waals surface area contributed by atoms with Crippen molar-refractivity contribution < 1.29 is 50.0 Å². The van der Waals surface area contributed by atoms with Crippen LogP contribution < -0.4 is 4.74 Å². The van der Waals surface area contributed by atoms with Crippen LogP contribution in [-0.2, 0) is 11.2 Å². The fraction of sp³-hybridized carbons (Fsp3) is 0.409. The van der Waals surface area contributed by atoms with Gasteiger partial charge in [0.2, 0.25) is 5.79 Å². The molecule has 0 spiro atoms. The van der Waals surface area contributed by atoms with Crippen molar-refractivity contribution in [2.45, 2.75) is 50.0 Å². The molecule has 5 unspecified atom stereocenters. The molecule has 2 aromatic carbocycles. The van der Waals surface area contributed by atoms with E-state index in [0.29, 0.717) is 0 Å². The van der Waals surface area contributed by atoms with E-state index in [0.717, 1.165) is 17.7 Å². The molecule has 174 valence electrons. The first kappa shape index (κ1) is 23.8. The molecular formula is C22H26O10. The first-order chi connectivity index (χ1) is 15.1. The third-order valence-electron chi connectivity index (χ3n) is 5.39. The van der Waals surface area contributed by atoms with Crippen molar-refractivity contribution >= 4 is 5.78 Å². The Labute approximate surface area is 183 Å². The highest BCUT2D eigenvalue weighted by molar-refractivity contribution is 6.01. The minimum absolute atomic E-state index is 0.0554. The Balaban J connectivity index is 1.88. The predicted molar refractivity (Wildman–Crippen MR) is 110 cm³/mol. The average molecular weight is 450 g/mol. The lowest BCUT2D eigenvalue weighted by Gasteiger charge is -2.46. The van der Waals surface area contributed by atoms with Gasteiger partial charge in [-0.05, 0) is 24.1 Å². The topological polar surface area (TPSA) is 177 Å². The molecule has 10 nitrogen and oxygen atoms in total. The molecule has 1 saturated heterocycles. The summed E-state index contributed by atoms with van der Waals surface area (Å²) in [5.74, 6) is -3.80. The Bertz CT molecular complexity index is 958. The van der Waals surface area contributed by atoms with Crippen LogP contribution in [-0.4, -0.2) is 78.3 Å². The summed E-state index contributed by atoms with van der Waals surface area (Å²) in [6.07, 6.45) is -6.17. The summed E-state index contributed by atoms with van der Waals surface area (Å²) in [5, 5.41) is 69.5. The van der Waals surface area contributed by atoms with Gasteiger partial charge in [-0.2, -0.15) is 0 Å². The molecule has 3 rings (SSSR count). The van der Waals surface area contributed by atoms with E-state index in [1.807, 2.05) is 0 Å². The van der Waals surface area contributed by atoms with E-state index in [-0.39, 0.29) is 29.9 Å². The molecule has 0 aromatic heterocycles. The monoisotopic (exact) mass is 450 g/mol. The smallest absolute Gasteiger partial charge is 0.237 e. The van der Waals surface area contributed by atoms with Gasteiger partial charge < -0.3 is 45.2 Å². The lowest BCUT2D eigenvalue weighted by atomic mass is 9.93. The van der Waals surface area contributed by atoms with Crippen LogP contribution in [0.15, 0.2) is 36.4 Å². The zero-order chi connectivity index (χ0) is 23.6. The molecule has 0 saturated carbocycles. The number of rotatable bonds is 7. The quantitative estimate of drug-likeness (QED) is 0.288. The number of aliphatic hydroxyl groups is 4. The van der Waals surface area contributed by atoms with Gasteiger partial charge in [0, 0.05) is 25.5 Å². The first-order valence-electron chi connectivity index (χ1n) is 9.94. The van der Waals surface area contributed by atoms with Crippen LogP contribution in [0, 0.1) is 0 Å². The van der Waals surface area contributed by atoms with Crippen molar-refractivity contribution in [1.82, 2.24) is 0 Å². The second-order valence-electron chi connectivity index (χ2n) is 7.81. The highest BCUT2D eigenvalue weighted by Gasteiger charge is 2.53. The number of phenolic OH excluding ortho intramolecular Hbond substituents is 3. The van der Waals surface area contributed by atoms with E-state index in [1.54, 1.807) is 12.1 Å². The summed E-state index contributed by atoms with van der Waals surface area (Å²) in [5.41, 5.74) is 0.484. The van der Waals surface area contributed by atoms with Gasteiger partial charge in [0.25, 0.3) is 0 Å². The molecule has 10 heteroatoms. The van der Waals surface area contributed by atoms with E-state index in [4.69, 9.17) is 9.47 Å². The second kappa shape index (κ2) is 9.31. The normalized spacial score (nSPS) is 27.8. The van der Waals surface area contributed by atoms with Crippen molar-refractivity contribution in [3.05, 3.63) is 47.5 Å². The number of Topliss-reactive ketones (excluding diaryl/α,β-unsaturated/α-hetero) is 1. The maximum absolute atomic E-state index is 12.9. The third-order valence-corrected chi connectivity index (χ3v) is 5.39. The summed E-state index contributed by atoms with van der Waals surface area (Å²) >= 11 is 0. The molecule has 0 amide bonds. The first-order valence-corrected chi connectivity index (χ1v) is 9.94. The lowest BCUT2D eigenvalue weighted by molar-refractivity contribution is -0.329. The number of hydrogen-bond acceptors (Lipinski definition) is 10. The van der Waals surface area contributed by atoms with Crippen LogP contribution in [0.25, 0.3) is 0 Å². The SMILES string of the molecule is CC1(Oc2cc(O)cc(O)c2C(=O)CCc2ccc(O)cc2)OC(CO)C(O)C(O)C1O. The van der Waals surface area contributed by atoms with Crippen molar-refractivity contribution in [3.8, 4) is 23.0 Å². The molecule has 0 aliphatic carbocycles. The summed E-state index contributed by atoms with van der Waals surface area (Å²) in [6.45, 7) is 0.537. The molecule has 1 heterocycles. The largest absolute Gasteiger partial charge is 0.508 e. The minimum atomic E-state index is -2.03. The lowest BCUT2D eigenvalue weighted by Crippen LogP contribution is -2.66. The predicted octanol–water partition coefficient (Wildman–Crippen LogP) is 0.188. The number of aryl methyl sites for hydroxylation is 1. The number of ether oxygens (including phenoxy) is 2. The third kappa shape index (κ3) is 4.79. The highest BCUT2D eigenvalue weighted by Crippen LogP contribution is 2.39. The van der Waals surface area contributed by atoms with Crippen LogP contribution in [0.1, 0.15) is 29.3 Å². The zero-order valence-electron chi connectivity index (χ0n) is 17.3. The molecule has 2 aromatic rings. The Morgan fingerprint density at radius 2 is 1.69 bits per heavy atom. The van der Waals surface area contributed by atoms with Crippen molar-refractivity contribution in [3.63, 3.8) is 0 Å². The van der Waals surface area contributed by atoms with Gasteiger partial charge in [-0.15, -0.1) is 0 Å². The maximum Gasteiger partial charge on any atom is 0.237 e. The van der Waals surface area contributed by atoms with Gasteiger partial charge >= 0.3 is 0 Å². The number of phenols is 3. The van der Waals surface area contributed by atoms with Gasteiger partial charge in [-0.25, -0.2) is 0 Å². The second-order valence-corrected chi connectivity index (χ2v) is 7.81. The number of carbonyl (C=O) groups excluding carboxylic acids is 1. The number of benzene rings is 2. The van der Waals surface area contributed by atoms with Crippen LogP contribution in [0.5, 0.6) is 23.0 Å². The highest BCUT2D eigenvalue weighted by atomic mass is 16.7. The zero-order valence-corrected chi connectivity index (χ0v) is 17.3. The Kier molecular flexibility index (Phi) is 6.91. The van der Waals surface area contributed by atoms with E-state index < -0.39 is 54.1 Å². The van der Waals surface area contributed by atoms with Crippen molar-refractivity contribution in [1.29, 1.82) is 0 Å². The summed E-state index contributed by atoms with van der Waals surface area (Å²) < 4.78 is 11.1. The summed E-state index contributed by atoms with van der Waals surface area (Å²) in [4.78, 5) is 12.9. The fourth-order valence-corrected chi connectivity index (χ4v) is 3.60. The molecule has 32 heavy (non-hydrogen) atoms. The molecular weight excluding hydrogens is 424 g/mol. The molecule has 0 radical (unpaired) electrons. The average Bonchev–Trinajstić information content (AvgIpc) is 2.74. The Morgan fingerprint density at radius 1 is 1.03 bits per heavy atom. The number of aromatic hydroxyl groups is 3. The maximum atomic E-state index is 12.9. The summed E-state index contributed by atoms with van der Waals surface area (Å²) in [7, 11) is 0. The molecule has 1 aliphatic rings. The number of ketones is 1. The molecule has 7 N–H and O–H groups in total. The molecule has 5 atom stereocenters. The number of aliphatic hydroxyl groups excluding tert-OH is 4. The van der Waals surface area contributed by atoms with E-state index in [2.05, 4.69) is 0 Å². The molecule has 0 bridgehead atoms. The van der Waals surface area contributed by atoms with E-state index in [9.17, 15) is 40.5 Å². The standard InChI is InChI=1S/C22H26O10/c1-22(21(30)20(29)19(28)17(10-23)32-22)31-16-9-13(25)8-15(27)18(16)14(26)7-4-11-2-5-12(24)6-3-11/h2-3,5-6,8-9,17,19-21,23-25,27-30H,4,7,10H2,1H3. The van der Waals surface area contributed by atoms with Crippen molar-refractivity contribution in [2.24, 2.45) is 0 Å². The Morgan fingerprint density at radius 3 is 2.31 bits per heavy atom. The molecule has 1 aliphatic heterocycles. The van der Waals surface area contributed by atoms with Gasteiger partial charge in [-0.1, -0.05) is 12.1 Å². The van der Waals surface area contributed by atoms with Gasteiger partial charge in [0.1, 0.15) is 53.0 Å². The Hall–Kier alpha value is -2.89. The van der Waals surface area contributed by atoms with Crippen LogP contribution in [0.2, 0.25) is 0 Å². The van der Waals surface area contributed by atoms with Gasteiger partial charge in [-0.3, -0.25) is 4.79 Å². The van der Waals surface area contributed by atoms with Gasteiger partial charge in [0.15, 0.2) is 5.78 Å². The van der Waals surface area contributed by atoms with Gasteiger partial charge in [0.05, 0.1) is 6.61 Å². The molecule has 1 fully saturated rings. The number of hydrogen-bond donors (Lipinski definition) is 7. The fourth-order valence-electron chi connectivity index (χ4n) is 3.60. The minimum Gasteiger partial charge on any atom is -0.508 e. The van der Waals surface area contributed by atoms with Crippen LogP contribution >= 0.6 is 0 Å².